The average Bonchev–Trinajstić information content (AvgIpc) is 2.42. The number of rotatable bonds is 6. The molecule has 0 aliphatic heterocycles. The molecule has 1 heterocycles. The number of hydrogen-bond acceptors (Lipinski definition) is 2. The van der Waals surface area contributed by atoms with Crippen molar-refractivity contribution >= 4 is 0 Å². The van der Waals surface area contributed by atoms with E-state index < -0.39 is 11.9 Å². The van der Waals surface area contributed by atoms with Crippen molar-refractivity contribution in [2.24, 2.45) is 0 Å². The fourth-order valence-corrected chi connectivity index (χ4v) is 1.72. The van der Waals surface area contributed by atoms with E-state index in [9.17, 15) is 13.2 Å². The van der Waals surface area contributed by atoms with Crippen molar-refractivity contribution in [2.45, 2.75) is 25.6 Å². The SMILES string of the molecule is C=C/C=C(\C=C)CCc1nc(C(F)(F)F)ccc1CO. The van der Waals surface area contributed by atoms with Gasteiger partial charge in [-0.15, -0.1) is 0 Å². The molecule has 0 bridgehead atoms. The van der Waals surface area contributed by atoms with Crippen LogP contribution >= 0.6 is 0 Å². The number of nitrogens with zero attached hydrogens (tertiary/aromatic N) is 1. The molecule has 108 valence electrons. The molecule has 0 fully saturated rings. The van der Waals surface area contributed by atoms with Gasteiger partial charge in [0.05, 0.1) is 6.61 Å². The van der Waals surface area contributed by atoms with Crippen molar-refractivity contribution in [1.29, 1.82) is 0 Å². The summed E-state index contributed by atoms with van der Waals surface area (Å²) in [7, 11) is 0. The Bertz CT molecular complexity index is 518. The Morgan fingerprint density at radius 2 is 2.00 bits per heavy atom. The number of halogens is 3. The summed E-state index contributed by atoms with van der Waals surface area (Å²) in [4.78, 5) is 3.61. The minimum Gasteiger partial charge on any atom is -0.392 e. The first-order valence-corrected chi connectivity index (χ1v) is 6.03. The third-order valence-corrected chi connectivity index (χ3v) is 2.77. The number of alkyl halides is 3. The second-order valence-corrected chi connectivity index (χ2v) is 4.14. The van der Waals surface area contributed by atoms with E-state index in [0.717, 1.165) is 11.6 Å². The van der Waals surface area contributed by atoms with Crippen LogP contribution in [0.15, 0.2) is 49.1 Å². The number of aliphatic hydroxyl groups is 1. The van der Waals surface area contributed by atoms with Crippen LogP contribution in [-0.4, -0.2) is 10.1 Å². The van der Waals surface area contributed by atoms with Crippen LogP contribution in [0.4, 0.5) is 13.2 Å². The van der Waals surface area contributed by atoms with E-state index in [-0.39, 0.29) is 12.3 Å². The number of hydrogen-bond donors (Lipinski definition) is 1. The topological polar surface area (TPSA) is 33.1 Å². The van der Waals surface area contributed by atoms with Gasteiger partial charge in [0.1, 0.15) is 5.69 Å². The molecular weight excluding hydrogens is 267 g/mol. The lowest BCUT2D eigenvalue weighted by molar-refractivity contribution is -0.141. The lowest BCUT2D eigenvalue weighted by atomic mass is 10.0. The molecule has 20 heavy (non-hydrogen) atoms. The van der Waals surface area contributed by atoms with Crippen LogP contribution in [0.3, 0.4) is 0 Å². The van der Waals surface area contributed by atoms with Crippen LogP contribution in [0.1, 0.15) is 23.4 Å². The van der Waals surface area contributed by atoms with Gasteiger partial charge in [0.25, 0.3) is 0 Å². The largest absolute Gasteiger partial charge is 0.433 e. The van der Waals surface area contributed by atoms with Crippen LogP contribution in [0.25, 0.3) is 0 Å². The van der Waals surface area contributed by atoms with Crippen LogP contribution in [0.5, 0.6) is 0 Å². The van der Waals surface area contributed by atoms with Gasteiger partial charge in [-0.2, -0.15) is 13.2 Å². The number of pyridine rings is 1. The summed E-state index contributed by atoms with van der Waals surface area (Å²) in [5.41, 5.74) is 0.555. The maximum Gasteiger partial charge on any atom is 0.433 e. The van der Waals surface area contributed by atoms with Gasteiger partial charge in [0.2, 0.25) is 0 Å². The van der Waals surface area contributed by atoms with Crippen LogP contribution < -0.4 is 0 Å². The molecule has 0 saturated carbocycles. The van der Waals surface area contributed by atoms with E-state index >= 15 is 0 Å². The smallest absolute Gasteiger partial charge is 0.392 e. The molecule has 0 atom stereocenters. The maximum absolute atomic E-state index is 12.6. The number of aryl methyl sites for hydroxylation is 1. The van der Waals surface area contributed by atoms with Gasteiger partial charge in [-0.3, -0.25) is 0 Å². The molecule has 0 aromatic carbocycles. The first kappa shape index (κ1) is 16.2. The molecule has 1 aromatic heterocycles. The first-order valence-electron chi connectivity index (χ1n) is 6.03. The highest BCUT2D eigenvalue weighted by Crippen LogP contribution is 2.28. The second-order valence-electron chi connectivity index (χ2n) is 4.14. The van der Waals surface area contributed by atoms with E-state index in [1.807, 2.05) is 0 Å². The lowest BCUT2D eigenvalue weighted by Crippen LogP contribution is -2.11. The van der Waals surface area contributed by atoms with Gasteiger partial charge in [-0.1, -0.05) is 37.5 Å². The summed E-state index contributed by atoms with van der Waals surface area (Å²) in [6.07, 6.45) is 1.24. The Morgan fingerprint density at radius 3 is 2.50 bits per heavy atom. The molecule has 0 amide bonds. The van der Waals surface area contributed by atoms with E-state index in [0.29, 0.717) is 18.4 Å². The summed E-state index contributed by atoms with van der Waals surface area (Å²) < 4.78 is 37.9. The van der Waals surface area contributed by atoms with E-state index in [1.54, 1.807) is 18.2 Å². The van der Waals surface area contributed by atoms with E-state index in [1.165, 1.54) is 6.07 Å². The normalized spacial score (nSPS) is 12.3. The highest BCUT2D eigenvalue weighted by molar-refractivity contribution is 5.27. The predicted molar refractivity (Wildman–Crippen MR) is 72.0 cm³/mol. The Labute approximate surface area is 116 Å². The quantitative estimate of drug-likeness (QED) is 0.805. The van der Waals surface area contributed by atoms with Crippen LogP contribution in [0, 0.1) is 0 Å². The Morgan fingerprint density at radius 1 is 1.30 bits per heavy atom. The molecule has 0 aliphatic rings. The van der Waals surface area contributed by atoms with Gasteiger partial charge in [-0.05, 0) is 30.0 Å². The summed E-state index contributed by atoms with van der Waals surface area (Å²) >= 11 is 0. The number of aliphatic hydroxyl groups excluding tert-OH is 1. The fraction of sp³-hybridized carbons (Fsp3) is 0.267. The number of aromatic nitrogens is 1. The minimum atomic E-state index is -4.49. The summed E-state index contributed by atoms with van der Waals surface area (Å²) in [5.74, 6) is 0. The van der Waals surface area contributed by atoms with Gasteiger partial charge in [-0.25, -0.2) is 4.98 Å². The fourth-order valence-electron chi connectivity index (χ4n) is 1.72. The van der Waals surface area contributed by atoms with Crippen molar-refractivity contribution in [3.63, 3.8) is 0 Å². The summed E-state index contributed by atoms with van der Waals surface area (Å²) in [6, 6.07) is 2.14. The van der Waals surface area contributed by atoms with Crippen LogP contribution in [-0.2, 0) is 19.2 Å². The zero-order chi connectivity index (χ0) is 15.2. The third-order valence-electron chi connectivity index (χ3n) is 2.77. The number of allylic oxidation sites excluding steroid dienone is 4. The van der Waals surface area contributed by atoms with Gasteiger partial charge in [0, 0.05) is 5.69 Å². The van der Waals surface area contributed by atoms with Gasteiger partial charge >= 0.3 is 6.18 Å². The second kappa shape index (κ2) is 7.05. The highest BCUT2D eigenvalue weighted by Gasteiger charge is 2.32. The van der Waals surface area contributed by atoms with Crippen molar-refractivity contribution in [3.8, 4) is 0 Å². The molecule has 1 rings (SSSR count). The molecular formula is C15H16F3NO. The minimum absolute atomic E-state index is 0.249. The molecule has 0 spiro atoms. The van der Waals surface area contributed by atoms with Crippen molar-refractivity contribution < 1.29 is 18.3 Å². The summed E-state index contributed by atoms with van der Waals surface area (Å²) in [5, 5.41) is 9.17. The van der Waals surface area contributed by atoms with Crippen LogP contribution in [0.2, 0.25) is 0 Å². The monoisotopic (exact) mass is 283 g/mol. The van der Waals surface area contributed by atoms with Gasteiger partial charge < -0.3 is 5.11 Å². The first-order chi connectivity index (χ1) is 9.42. The van der Waals surface area contributed by atoms with E-state index in [4.69, 9.17) is 5.11 Å². The lowest BCUT2D eigenvalue weighted by Gasteiger charge is -2.11. The molecule has 1 N–H and O–H groups in total. The van der Waals surface area contributed by atoms with Crippen molar-refractivity contribution in [2.75, 3.05) is 0 Å². The molecule has 0 radical (unpaired) electrons. The Kier molecular flexibility index (Phi) is 5.70. The van der Waals surface area contributed by atoms with Gasteiger partial charge in [0.15, 0.2) is 0 Å². The van der Waals surface area contributed by atoms with E-state index in [2.05, 4.69) is 18.1 Å². The zero-order valence-electron chi connectivity index (χ0n) is 11.0. The average molecular weight is 283 g/mol. The molecule has 0 saturated heterocycles. The molecule has 0 unspecified atom stereocenters. The Hall–Kier alpha value is -1.88. The zero-order valence-corrected chi connectivity index (χ0v) is 11.0. The maximum atomic E-state index is 12.6. The molecule has 0 aliphatic carbocycles. The molecule has 2 nitrogen and oxygen atoms in total. The highest BCUT2D eigenvalue weighted by atomic mass is 19.4. The standard InChI is InChI=1S/C15H16F3NO/c1-3-5-11(4-2)6-8-13-12(10-20)7-9-14(19-13)15(16,17)18/h3-5,7,9,20H,1-2,6,8,10H2/b11-5+. The molecule has 5 heteroatoms. The van der Waals surface area contributed by atoms with Crippen molar-refractivity contribution in [1.82, 2.24) is 4.98 Å². The summed E-state index contributed by atoms with van der Waals surface area (Å²) in [6.45, 7) is 6.84. The predicted octanol–water partition coefficient (Wildman–Crippen LogP) is 3.82. The molecule has 1 aromatic rings. The van der Waals surface area contributed by atoms with Crippen molar-refractivity contribution in [3.05, 3.63) is 66.0 Å². The Balaban J connectivity index is 3.00. The third kappa shape index (κ3) is 4.35.